The van der Waals surface area contributed by atoms with Crippen molar-refractivity contribution in [1.29, 1.82) is 0 Å². The molecule has 0 aromatic rings. The van der Waals surface area contributed by atoms with Crippen molar-refractivity contribution in [1.82, 2.24) is 5.32 Å². The van der Waals surface area contributed by atoms with Crippen LogP contribution in [-0.4, -0.2) is 13.1 Å². The first-order valence-electron chi connectivity index (χ1n) is 5.02. The molecule has 0 aromatic carbocycles. The first-order chi connectivity index (χ1) is 5.35. The molecule has 1 nitrogen and oxygen atoms in total. The Kier molecular flexibility index (Phi) is 4.84. The van der Waals surface area contributed by atoms with E-state index in [0.717, 1.165) is 5.92 Å². The summed E-state index contributed by atoms with van der Waals surface area (Å²) in [4.78, 5) is 0. The fourth-order valence-corrected chi connectivity index (χ4v) is 1.61. The van der Waals surface area contributed by atoms with Gasteiger partial charge in [0, 0.05) is 6.04 Å². The summed E-state index contributed by atoms with van der Waals surface area (Å²) < 4.78 is 0. The molecule has 0 saturated carbocycles. The zero-order chi connectivity index (χ0) is 9.78. The molecule has 0 heterocycles. The summed E-state index contributed by atoms with van der Waals surface area (Å²) in [5, 5.41) is 3.39. The maximum absolute atomic E-state index is 3.39. The van der Waals surface area contributed by atoms with Crippen molar-refractivity contribution in [2.24, 2.45) is 11.3 Å². The molecular formula is C11H25N. The van der Waals surface area contributed by atoms with Gasteiger partial charge in [-0.05, 0) is 31.2 Å². The summed E-state index contributed by atoms with van der Waals surface area (Å²) in [6.07, 6.45) is 2.55. The summed E-state index contributed by atoms with van der Waals surface area (Å²) in [5.41, 5.74) is 0.447. The van der Waals surface area contributed by atoms with E-state index in [1.165, 1.54) is 12.8 Å². The van der Waals surface area contributed by atoms with Gasteiger partial charge in [-0.3, -0.25) is 0 Å². The van der Waals surface area contributed by atoms with Gasteiger partial charge in [0.1, 0.15) is 0 Å². The minimum Gasteiger partial charge on any atom is -0.317 e. The molecule has 0 spiro atoms. The summed E-state index contributed by atoms with van der Waals surface area (Å²) in [6.45, 7) is 11.5. The lowest BCUT2D eigenvalue weighted by Gasteiger charge is -2.26. The molecule has 74 valence electrons. The SMILES string of the molecule is CN[C@@H](CC(C)C)CC(C)(C)C. The summed E-state index contributed by atoms with van der Waals surface area (Å²) >= 11 is 0. The molecule has 0 aliphatic carbocycles. The second-order valence-corrected chi connectivity index (χ2v) is 5.38. The molecule has 0 radical (unpaired) electrons. The third-order valence-corrected chi connectivity index (χ3v) is 2.02. The van der Waals surface area contributed by atoms with Gasteiger partial charge in [0.05, 0.1) is 0 Å². The van der Waals surface area contributed by atoms with Crippen molar-refractivity contribution in [2.75, 3.05) is 7.05 Å². The van der Waals surface area contributed by atoms with E-state index in [-0.39, 0.29) is 0 Å². The van der Waals surface area contributed by atoms with Crippen LogP contribution in [0.5, 0.6) is 0 Å². The molecule has 0 unspecified atom stereocenters. The van der Waals surface area contributed by atoms with E-state index in [9.17, 15) is 0 Å². The predicted octanol–water partition coefficient (Wildman–Crippen LogP) is 3.06. The quantitative estimate of drug-likeness (QED) is 0.685. The Morgan fingerprint density at radius 2 is 1.67 bits per heavy atom. The van der Waals surface area contributed by atoms with E-state index in [4.69, 9.17) is 0 Å². The second kappa shape index (κ2) is 4.86. The van der Waals surface area contributed by atoms with Crippen LogP contribution in [0.1, 0.15) is 47.5 Å². The molecule has 0 aliphatic heterocycles. The van der Waals surface area contributed by atoms with E-state index in [2.05, 4.69) is 47.0 Å². The summed E-state index contributed by atoms with van der Waals surface area (Å²) in [7, 11) is 2.07. The maximum atomic E-state index is 3.39. The van der Waals surface area contributed by atoms with Crippen LogP contribution in [0.3, 0.4) is 0 Å². The molecule has 0 saturated heterocycles. The van der Waals surface area contributed by atoms with Crippen LogP contribution in [0.15, 0.2) is 0 Å². The van der Waals surface area contributed by atoms with Crippen LogP contribution in [0.2, 0.25) is 0 Å². The highest BCUT2D eigenvalue weighted by Gasteiger charge is 2.17. The lowest BCUT2D eigenvalue weighted by molar-refractivity contribution is 0.290. The Balaban J connectivity index is 3.83. The lowest BCUT2D eigenvalue weighted by atomic mass is 9.85. The number of nitrogens with one attached hydrogen (secondary N) is 1. The molecule has 0 aromatic heterocycles. The average molecular weight is 171 g/mol. The summed E-state index contributed by atoms with van der Waals surface area (Å²) in [6, 6.07) is 0.685. The van der Waals surface area contributed by atoms with Crippen molar-refractivity contribution in [3.8, 4) is 0 Å². The van der Waals surface area contributed by atoms with E-state index in [1.807, 2.05) is 0 Å². The fourth-order valence-electron chi connectivity index (χ4n) is 1.61. The first kappa shape index (κ1) is 12.0. The average Bonchev–Trinajstić information content (AvgIpc) is 1.82. The minimum absolute atomic E-state index is 0.447. The number of rotatable bonds is 4. The molecule has 12 heavy (non-hydrogen) atoms. The van der Waals surface area contributed by atoms with Crippen LogP contribution in [-0.2, 0) is 0 Å². The van der Waals surface area contributed by atoms with E-state index < -0.39 is 0 Å². The molecule has 0 rings (SSSR count). The van der Waals surface area contributed by atoms with Crippen LogP contribution >= 0.6 is 0 Å². The van der Waals surface area contributed by atoms with Gasteiger partial charge in [0.15, 0.2) is 0 Å². The third kappa shape index (κ3) is 6.66. The second-order valence-electron chi connectivity index (χ2n) is 5.38. The van der Waals surface area contributed by atoms with E-state index in [0.29, 0.717) is 11.5 Å². The molecule has 0 bridgehead atoms. The van der Waals surface area contributed by atoms with Crippen molar-refractivity contribution in [3.63, 3.8) is 0 Å². The monoisotopic (exact) mass is 171 g/mol. The largest absolute Gasteiger partial charge is 0.317 e. The zero-order valence-corrected chi connectivity index (χ0v) is 9.57. The highest BCUT2D eigenvalue weighted by molar-refractivity contribution is 4.74. The molecule has 1 heteroatoms. The molecule has 1 N–H and O–H groups in total. The van der Waals surface area contributed by atoms with Crippen molar-refractivity contribution in [3.05, 3.63) is 0 Å². The molecular weight excluding hydrogens is 146 g/mol. The van der Waals surface area contributed by atoms with Crippen LogP contribution in [0.4, 0.5) is 0 Å². The van der Waals surface area contributed by atoms with Crippen molar-refractivity contribution >= 4 is 0 Å². The van der Waals surface area contributed by atoms with Crippen LogP contribution < -0.4 is 5.32 Å². The highest BCUT2D eigenvalue weighted by atomic mass is 14.9. The predicted molar refractivity (Wildman–Crippen MR) is 56.4 cm³/mol. The Morgan fingerprint density at radius 1 is 1.17 bits per heavy atom. The van der Waals surface area contributed by atoms with Gasteiger partial charge in [0.25, 0.3) is 0 Å². The van der Waals surface area contributed by atoms with E-state index >= 15 is 0 Å². The molecule has 0 amide bonds. The van der Waals surface area contributed by atoms with Gasteiger partial charge in [-0.25, -0.2) is 0 Å². The minimum atomic E-state index is 0.447. The topological polar surface area (TPSA) is 12.0 Å². The third-order valence-electron chi connectivity index (χ3n) is 2.02. The normalized spacial score (nSPS) is 15.2. The number of hydrogen-bond acceptors (Lipinski definition) is 1. The Labute approximate surface area is 77.9 Å². The molecule has 0 fully saturated rings. The standard InChI is InChI=1S/C11H25N/c1-9(2)7-10(12-6)8-11(3,4)5/h9-10,12H,7-8H2,1-6H3/t10-/m0/s1. The van der Waals surface area contributed by atoms with Gasteiger partial charge in [-0.2, -0.15) is 0 Å². The van der Waals surface area contributed by atoms with Gasteiger partial charge in [0.2, 0.25) is 0 Å². The van der Waals surface area contributed by atoms with Gasteiger partial charge in [-0.15, -0.1) is 0 Å². The van der Waals surface area contributed by atoms with Gasteiger partial charge >= 0.3 is 0 Å². The van der Waals surface area contributed by atoms with Gasteiger partial charge in [-0.1, -0.05) is 34.6 Å². The van der Waals surface area contributed by atoms with Crippen LogP contribution in [0.25, 0.3) is 0 Å². The Morgan fingerprint density at radius 3 is 1.92 bits per heavy atom. The highest BCUT2D eigenvalue weighted by Crippen LogP contribution is 2.23. The van der Waals surface area contributed by atoms with Crippen molar-refractivity contribution < 1.29 is 0 Å². The zero-order valence-electron chi connectivity index (χ0n) is 9.57. The number of hydrogen-bond donors (Lipinski definition) is 1. The van der Waals surface area contributed by atoms with Crippen LogP contribution in [0, 0.1) is 11.3 Å². The molecule has 0 aliphatic rings. The Bertz CT molecular complexity index is 111. The fraction of sp³-hybridized carbons (Fsp3) is 1.00. The molecule has 1 atom stereocenters. The lowest BCUT2D eigenvalue weighted by Crippen LogP contribution is -2.31. The maximum Gasteiger partial charge on any atom is 0.00714 e. The Hall–Kier alpha value is -0.0400. The smallest absolute Gasteiger partial charge is 0.00714 e. The van der Waals surface area contributed by atoms with Crippen molar-refractivity contribution in [2.45, 2.75) is 53.5 Å². The summed E-state index contributed by atoms with van der Waals surface area (Å²) in [5.74, 6) is 0.796. The van der Waals surface area contributed by atoms with Gasteiger partial charge < -0.3 is 5.32 Å². The van der Waals surface area contributed by atoms with E-state index in [1.54, 1.807) is 0 Å². The first-order valence-corrected chi connectivity index (χ1v) is 5.02.